The Morgan fingerprint density at radius 3 is 2.76 bits per heavy atom. The molecule has 4 aromatic rings. The van der Waals surface area contributed by atoms with E-state index in [4.69, 9.17) is 0 Å². The number of nitrogens with zero attached hydrogens (tertiary/aromatic N) is 5. The maximum absolute atomic E-state index is 14.0. The number of thiazole rings is 1. The topological polar surface area (TPSA) is 56.5 Å². The van der Waals surface area contributed by atoms with Gasteiger partial charge in [0.1, 0.15) is 17.2 Å². The van der Waals surface area contributed by atoms with E-state index in [1.54, 1.807) is 34.6 Å². The van der Waals surface area contributed by atoms with Crippen molar-refractivity contribution in [3.8, 4) is 23.0 Å². The molecule has 0 spiro atoms. The molecule has 0 bridgehead atoms. The quantitative estimate of drug-likeness (QED) is 0.558. The van der Waals surface area contributed by atoms with E-state index < -0.39 is 0 Å². The van der Waals surface area contributed by atoms with Crippen LogP contribution in [-0.2, 0) is 6.54 Å². The normalized spacial score (nSPS) is 11.0. The molecule has 5 nitrogen and oxygen atoms in total. The van der Waals surface area contributed by atoms with Crippen LogP contribution < -0.4 is 0 Å². The number of hydrogen-bond acceptors (Lipinski definition) is 5. The Morgan fingerprint density at radius 1 is 1.12 bits per heavy atom. The molecule has 0 saturated carbocycles. The maximum Gasteiger partial charge on any atom is 0.200 e. The standard InChI is InChI=1S/C18H14FN5S/c1-12-6-7-20-15(8-12)17-22-18(16-10-25-11-21-16)24(23-17)9-13-4-2-3-5-14(13)19/h2-8,10-11H,9H2,1H3. The van der Waals surface area contributed by atoms with Crippen LogP contribution in [0.5, 0.6) is 0 Å². The lowest BCUT2D eigenvalue weighted by atomic mass is 10.2. The molecule has 0 unspecified atom stereocenters. The summed E-state index contributed by atoms with van der Waals surface area (Å²) in [5, 5.41) is 6.45. The van der Waals surface area contributed by atoms with Crippen LogP contribution in [0.2, 0.25) is 0 Å². The van der Waals surface area contributed by atoms with E-state index in [0.717, 1.165) is 5.56 Å². The fraction of sp³-hybridized carbons (Fsp3) is 0.111. The Labute approximate surface area is 147 Å². The Hall–Kier alpha value is -2.93. The summed E-state index contributed by atoms with van der Waals surface area (Å²) in [6.45, 7) is 2.27. The summed E-state index contributed by atoms with van der Waals surface area (Å²) in [5.74, 6) is 0.836. The molecule has 0 fully saturated rings. The van der Waals surface area contributed by atoms with Crippen molar-refractivity contribution in [3.05, 3.63) is 70.4 Å². The highest BCUT2D eigenvalue weighted by atomic mass is 32.1. The van der Waals surface area contributed by atoms with Crippen molar-refractivity contribution in [1.29, 1.82) is 0 Å². The van der Waals surface area contributed by atoms with Crippen LogP contribution in [0.25, 0.3) is 23.0 Å². The zero-order valence-electron chi connectivity index (χ0n) is 13.4. The Bertz CT molecular complexity index is 1010. The van der Waals surface area contributed by atoms with E-state index in [1.807, 2.05) is 24.4 Å². The second kappa shape index (κ2) is 6.52. The van der Waals surface area contributed by atoms with Crippen LogP contribution in [0.15, 0.2) is 53.5 Å². The molecule has 0 aliphatic rings. The van der Waals surface area contributed by atoms with Crippen molar-refractivity contribution in [2.45, 2.75) is 13.5 Å². The van der Waals surface area contributed by atoms with Crippen LogP contribution in [0, 0.1) is 12.7 Å². The summed E-state index contributed by atoms with van der Waals surface area (Å²) in [6, 6.07) is 10.5. The maximum atomic E-state index is 14.0. The van der Waals surface area contributed by atoms with Gasteiger partial charge >= 0.3 is 0 Å². The molecule has 0 N–H and O–H groups in total. The lowest BCUT2D eigenvalue weighted by Gasteiger charge is -2.05. The minimum atomic E-state index is -0.266. The number of pyridine rings is 1. The van der Waals surface area contributed by atoms with E-state index in [2.05, 4.69) is 20.1 Å². The van der Waals surface area contributed by atoms with Gasteiger partial charge in [-0.3, -0.25) is 4.98 Å². The van der Waals surface area contributed by atoms with Gasteiger partial charge in [0.25, 0.3) is 0 Å². The molecule has 7 heteroatoms. The SMILES string of the molecule is Cc1ccnc(-c2nc(-c3cscn3)n(Cc3ccccc3F)n2)c1. The first-order valence-corrected chi connectivity index (χ1v) is 8.65. The van der Waals surface area contributed by atoms with Gasteiger partial charge in [-0.2, -0.15) is 0 Å². The molecule has 0 amide bonds. The van der Waals surface area contributed by atoms with Crippen LogP contribution >= 0.6 is 11.3 Å². The summed E-state index contributed by atoms with van der Waals surface area (Å²) >= 11 is 1.48. The van der Waals surface area contributed by atoms with Crippen molar-refractivity contribution in [2.24, 2.45) is 0 Å². The molecule has 25 heavy (non-hydrogen) atoms. The van der Waals surface area contributed by atoms with Gasteiger partial charge in [0.2, 0.25) is 0 Å². The molecular formula is C18H14FN5S. The summed E-state index contributed by atoms with van der Waals surface area (Å²) in [6.07, 6.45) is 1.73. The molecular weight excluding hydrogens is 337 g/mol. The zero-order chi connectivity index (χ0) is 17.2. The minimum absolute atomic E-state index is 0.266. The monoisotopic (exact) mass is 351 g/mol. The van der Waals surface area contributed by atoms with Gasteiger partial charge < -0.3 is 0 Å². The minimum Gasteiger partial charge on any atom is -0.253 e. The van der Waals surface area contributed by atoms with Gasteiger partial charge in [0.05, 0.1) is 12.1 Å². The highest BCUT2D eigenvalue weighted by Crippen LogP contribution is 2.23. The number of hydrogen-bond donors (Lipinski definition) is 0. The summed E-state index contributed by atoms with van der Waals surface area (Å²) in [4.78, 5) is 13.3. The van der Waals surface area contributed by atoms with E-state index in [1.165, 1.54) is 17.4 Å². The molecule has 0 radical (unpaired) electrons. The summed E-state index contributed by atoms with van der Waals surface area (Å²) in [5.41, 5.74) is 4.76. The van der Waals surface area contributed by atoms with Gasteiger partial charge in [-0.05, 0) is 30.7 Å². The largest absolute Gasteiger partial charge is 0.253 e. The molecule has 0 aliphatic carbocycles. The zero-order valence-corrected chi connectivity index (χ0v) is 14.2. The van der Waals surface area contributed by atoms with Crippen LogP contribution in [0.4, 0.5) is 4.39 Å². The second-order valence-corrected chi connectivity index (χ2v) is 6.32. The van der Waals surface area contributed by atoms with E-state index in [-0.39, 0.29) is 12.4 Å². The number of benzene rings is 1. The third kappa shape index (κ3) is 3.18. The molecule has 0 aliphatic heterocycles. The molecule has 4 rings (SSSR count). The molecule has 1 aromatic carbocycles. The Balaban J connectivity index is 1.80. The van der Waals surface area contributed by atoms with Crippen LogP contribution in [0.1, 0.15) is 11.1 Å². The Morgan fingerprint density at radius 2 is 2.00 bits per heavy atom. The molecule has 0 saturated heterocycles. The number of aryl methyl sites for hydroxylation is 1. The predicted molar refractivity (Wildman–Crippen MR) is 94.6 cm³/mol. The number of rotatable bonds is 4. The van der Waals surface area contributed by atoms with Crippen molar-refractivity contribution >= 4 is 11.3 Å². The third-order valence-corrected chi connectivity index (χ3v) is 4.34. The van der Waals surface area contributed by atoms with Gasteiger partial charge in [0.15, 0.2) is 11.6 Å². The first-order valence-electron chi connectivity index (χ1n) is 7.70. The number of aromatic nitrogens is 5. The smallest absolute Gasteiger partial charge is 0.200 e. The number of halogens is 1. The van der Waals surface area contributed by atoms with Gasteiger partial charge in [0, 0.05) is 17.1 Å². The molecule has 0 atom stereocenters. The summed E-state index contributed by atoms with van der Waals surface area (Å²) < 4.78 is 15.7. The van der Waals surface area contributed by atoms with Crippen molar-refractivity contribution in [2.75, 3.05) is 0 Å². The van der Waals surface area contributed by atoms with Gasteiger partial charge in [-0.1, -0.05) is 18.2 Å². The molecule has 3 aromatic heterocycles. The molecule has 124 valence electrons. The third-order valence-electron chi connectivity index (χ3n) is 3.76. The van der Waals surface area contributed by atoms with Gasteiger partial charge in [-0.25, -0.2) is 19.0 Å². The fourth-order valence-corrected chi connectivity index (χ4v) is 3.05. The lowest BCUT2D eigenvalue weighted by Crippen LogP contribution is -2.06. The fourth-order valence-electron chi connectivity index (χ4n) is 2.52. The lowest BCUT2D eigenvalue weighted by molar-refractivity contribution is 0.587. The molecule has 3 heterocycles. The average molecular weight is 351 g/mol. The average Bonchev–Trinajstić information content (AvgIpc) is 3.26. The first-order chi connectivity index (χ1) is 12.2. The van der Waals surface area contributed by atoms with Crippen molar-refractivity contribution < 1.29 is 4.39 Å². The first kappa shape index (κ1) is 15.6. The Kier molecular flexibility index (Phi) is 4.07. The second-order valence-electron chi connectivity index (χ2n) is 5.60. The van der Waals surface area contributed by atoms with Crippen LogP contribution in [-0.4, -0.2) is 24.7 Å². The highest BCUT2D eigenvalue weighted by molar-refractivity contribution is 7.07. The van der Waals surface area contributed by atoms with Crippen molar-refractivity contribution in [3.63, 3.8) is 0 Å². The van der Waals surface area contributed by atoms with E-state index >= 15 is 0 Å². The van der Waals surface area contributed by atoms with Gasteiger partial charge in [-0.15, -0.1) is 16.4 Å². The predicted octanol–water partition coefficient (Wildman–Crippen LogP) is 3.96. The summed E-state index contributed by atoms with van der Waals surface area (Å²) in [7, 11) is 0. The van der Waals surface area contributed by atoms with Crippen molar-refractivity contribution in [1.82, 2.24) is 24.7 Å². The van der Waals surface area contributed by atoms with E-state index in [9.17, 15) is 4.39 Å². The highest BCUT2D eigenvalue weighted by Gasteiger charge is 2.17. The van der Waals surface area contributed by atoms with Crippen LogP contribution in [0.3, 0.4) is 0 Å². The van der Waals surface area contributed by atoms with E-state index in [0.29, 0.717) is 28.6 Å².